The van der Waals surface area contributed by atoms with Gasteiger partial charge in [0.15, 0.2) is 0 Å². The Hall–Kier alpha value is -3.34. The topological polar surface area (TPSA) is 125 Å². The lowest BCUT2D eigenvalue weighted by Crippen LogP contribution is -2.24. The van der Waals surface area contributed by atoms with E-state index in [0.29, 0.717) is 12.1 Å². The molecule has 0 saturated heterocycles. The van der Waals surface area contributed by atoms with Crippen molar-refractivity contribution in [1.29, 1.82) is 0 Å². The highest BCUT2D eigenvalue weighted by Crippen LogP contribution is 2.21. The summed E-state index contributed by atoms with van der Waals surface area (Å²) in [6, 6.07) is 5.64. The summed E-state index contributed by atoms with van der Waals surface area (Å²) in [6.45, 7) is 2.27. The molecular formula is C17H13F2N2O6S-. The van der Waals surface area contributed by atoms with Crippen LogP contribution in [0.15, 0.2) is 45.7 Å². The molecule has 0 heterocycles. The van der Waals surface area contributed by atoms with Crippen molar-refractivity contribution in [2.45, 2.75) is 18.7 Å². The van der Waals surface area contributed by atoms with Crippen molar-refractivity contribution in [2.24, 2.45) is 4.40 Å². The second kappa shape index (κ2) is 8.13. The van der Waals surface area contributed by atoms with E-state index in [0.717, 1.165) is 38.1 Å². The highest BCUT2D eigenvalue weighted by atomic mass is 32.2. The first-order chi connectivity index (χ1) is 13.0. The van der Waals surface area contributed by atoms with Gasteiger partial charge in [0.1, 0.15) is 17.4 Å². The van der Waals surface area contributed by atoms with E-state index in [4.69, 9.17) is 4.74 Å². The lowest BCUT2D eigenvalue weighted by molar-refractivity contribution is -0.212. The van der Waals surface area contributed by atoms with Crippen molar-refractivity contribution >= 4 is 33.5 Å². The van der Waals surface area contributed by atoms with Crippen LogP contribution in [-0.2, 0) is 19.6 Å². The predicted octanol–water partition coefficient (Wildman–Crippen LogP) is 1.34. The smallest absolute Gasteiger partial charge is 0.308 e. The number of ether oxygens (including phenoxy) is 1. The molecule has 28 heavy (non-hydrogen) atoms. The van der Waals surface area contributed by atoms with Gasteiger partial charge in [0.05, 0.1) is 10.5 Å². The van der Waals surface area contributed by atoms with Gasteiger partial charge in [0, 0.05) is 25.4 Å². The van der Waals surface area contributed by atoms with Crippen LogP contribution < -0.4 is 15.2 Å². The summed E-state index contributed by atoms with van der Waals surface area (Å²) in [5.41, 5.74) is -1.43. The first-order valence-corrected chi connectivity index (χ1v) is 9.01. The zero-order valence-electron chi connectivity index (χ0n) is 14.5. The van der Waals surface area contributed by atoms with Crippen LogP contribution in [0.3, 0.4) is 0 Å². The summed E-state index contributed by atoms with van der Waals surface area (Å²) in [5, 5.41) is 14.2. The van der Waals surface area contributed by atoms with Crippen molar-refractivity contribution in [1.82, 2.24) is 0 Å². The molecule has 8 nitrogen and oxygen atoms in total. The van der Waals surface area contributed by atoms with E-state index in [1.54, 1.807) is 0 Å². The standard InChI is InChI=1S/C17H14F2N2O6S/c1-9(22)20-11-7-14(18)16(15(19)8-11)17(24)21-28(25,26)13-5-3-12(4-6-13)27-10(2)23/h3-8H,1-2H3,(H,20,22)(H,21,24)/p-1. The Balaban J connectivity index is 2.38. The molecule has 0 bridgehead atoms. The molecule has 148 valence electrons. The number of rotatable bonds is 5. The Morgan fingerprint density at radius 3 is 2.07 bits per heavy atom. The van der Waals surface area contributed by atoms with Gasteiger partial charge in [-0.2, -0.15) is 12.8 Å². The van der Waals surface area contributed by atoms with Crippen LogP contribution in [-0.4, -0.2) is 26.2 Å². The molecule has 0 aliphatic heterocycles. The van der Waals surface area contributed by atoms with Crippen LogP contribution in [0.1, 0.15) is 19.4 Å². The van der Waals surface area contributed by atoms with E-state index < -0.39 is 49.9 Å². The normalized spacial score (nSPS) is 11.8. The van der Waals surface area contributed by atoms with E-state index in [9.17, 15) is 31.9 Å². The van der Waals surface area contributed by atoms with Gasteiger partial charge in [-0.15, -0.1) is 0 Å². The summed E-state index contributed by atoms with van der Waals surface area (Å²) in [4.78, 5) is 21.3. The maximum atomic E-state index is 14.0. The molecular weight excluding hydrogens is 398 g/mol. The Morgan fingerprint density at radius 2 is 1.61 bits per heavy atom. The van der Waals surface area contributed by atoms with Crippen LogP contribution in [0.25, 0.3) is 0 Å². The van der Waals surface area contributed by atoms with E-state index in [2.05, 4.69) is 9.71 Å². The van der Waals surface area contributed by atoms with Crippen molar-refractivity contribution < 1.29 is 36.6 Å². The third-order valence-electron chi connectivity index (χ3n) is 3.16. The summed E-state index contributed by atoms with van der Waals surface area (Å²) >= 11 is 0. The average Bonchev–Trinajstić information content (AvgIpc) is 2.52. The molecule has 2 aromatic rings. The second-order valence-electron chi connectivity index (χ2n) is 5.43. The molecule has 0 spiro atoms. The zero-order chi connectivity index (χ0) is 21.1. The number of sulfonamides is 1. The summed E-state index contributed by atoms with van der Waals surface area (Å²) in [7, 11) is -4.58. The Morgan fingerprint density at radius 1 is 1.07 bits per heavy atom. The van der Waals surface area contributed by atoms with E-state index >= 15 is 0 Å². The number of halogens is 2. The quantitative estimate of drug-likeness (QED) is 0.343. The molecule has 2 aromatic carbocycles. The molecule has 0 fully saturated rings. The summed E-state index contributed by atoms with van der Waals surface area (Å²) in [6.07, 6.45) is 0. The minimum atomic E-state index is -4.58. The molecule has 0 aliphatic rings. The van der Waals surface area contributed by atoms with Crippen molar-refractivity contribution in [3.8, 4) is 5.75 Å². The minimum absolute atomic E-state index is 0.0587. The number of nitrogens with zero attached hydrogens (tertiary/aromatic N) is 1. The lowest BCUT2D eigenvalue weighted by Gasteiger charge is -2.14. The maximum Gasteiger partial charge on any atom is 0.308 e. The van der Waals surface area contributed by atoms with E-state index in [1.165, 1.54) is 0 Å². The molecule has 0 atom stereocenters. The van der Waals surface area contributed by atoms with Crippen molar-refractivity contribution in [3.05, 3.63) is 53.6 Å². The fraction of sp³-hybridized carbons (Fsp3) is 0.118. The summed E-state index contributed by atoms with van der Waals surface area (Å²) < 4.78 is 60.1. The van der Waals surface area contributed by atoms with Crippen LogP contribution >= 0.6 is 0 Å². The van der Waals surface area contributed by atoms with Gasteiger partial charge in [0.2, 0.25) is 5.91 Å². The third kappa shape index (κ3) is 5.10. The first-order valence-electron chi connectivity index (χ1n) is 7.57. The van der Waals surface area contributed by atoms with Gasteiger partial charge >= 0.3 is 5.97 Å². The van der Waals surface area contributed by atoms with Crippen LogP contribution in [0.4, 0.5) is 14.5 Å². The van der Waals surface area contributed by atoms with Gasteiger partial charge in [0.25, 0.3) is 10.0 Å². The SMILES string of the molecule is CC(=O)Nc1cc(F)c(/C([O-])=N/S(=O)(=O)c2ccc(OC(C)=O)cc2)c(F)c1. The lowest BCUT2D eigenvalue weighted by atomic mass is 10.1. The third-order valence-corrected chi connectivity index (χ3v) is 4.44. The van der Waals surface area contributed by atoms with Gasteiger partial charge in [-0.05, 0) is 36.4 Å². The largest absolute Gasteiger partial charge is 0.857 e. The van der Waals surface area contributed by atoms with Gasteiger partial charge in [-0.25, -0.2) is 8.78 Å². The molecule has 0 saturated carbocycles. The monoisotopic (exact) mass is 411 g/mol. The number of carbonyl (C=O) groups is 2. The number of esters is 1. The second-order valence-corrected chi connectivity index (χ2v) is 7.04. The molecule has 0 unspecified atom stereocenters. The summed E-state index contributed by atoms with van der Waals surface area (Å²) in [5.74, 6) is -5.60. The number of hydrogen-bond donors (Lipinski definition) is 1. The highest BCUT2D eigenvalue weighted by molar-refractivity contribution is 7.90. The van der Waals surface area contributed by atoms with Gasteiger partial charge in [-0.3, -0.25) is 9.59 Å². The maximum absolute atomic E-state index is 14.0. The molecule has 2 rings (SSSR count). The minimum Gasteiger partial charge on any atom is -0.857 e. The van der Waals surface area contributed by atoms with Gasteiger partial charge in [-0.1, -0.05) is 0 Å². The van der Waals surface area contributed by atoms with E-state index in [-0.39, 0.29) is 11.4 Å². The molecule has 0 aromatic heterocycles. The number of nitrogens with one attached hydrogen (secondary N) is 1. The first kappa shape index (κ1) is 21.0. The molecule has 1 amide bonds. The van der Waals surface area contributed by atoms with Crippen LogP contribution in [0, 0.1) is 11.6 Å². The number of carbonyl (C=O) groups excluding carboxylic acids is 2. The molecule has 0 radical (unpaired) electrons. The number of anilines is 1. The number of amides is 1. The van der Waals surface area contributed by atoms with Crippen LogP contribution in [0.5, 0.6) is 5.75 Å². The molecule has 11 heteroatoms. The van der Waals surface area contributed by atoms with Crippen molar-refractivity contribution in [2.75, 3.05) is 5.32 Å². The van der Waals surface area contributed by atoms with Gasteiger partial charge < -0.3 is 15.2 Å². The Labute approximate surface area is 158 Å². The fourth-order valence-electron chi connectivity index (χ4n) is 2.11. The van der Waals surface area contributed by atoms with E-state index in [1.807, 2.05) is 0 Å². The Bertz CT molecular complexity index is 1040. The number of benzene rings is 2. The molecule has 1 N–H and O–H groups in total. The predicted molar refractivity (Wildman–Crippen MR) is 92.1 cm³/mol. The number of hydrogen-bond acceptors (Lipinski definition) is 6. The fourth-order valence-corrected chi connectivity index (χ4v) is 3.00. The zero-order valence-corrected chi connectivity index (χ0v) is 15.3. The Kier molecular flexibility index (Phi) is 6.09. The average molecular weight is 411 g/mol. The molecule has 0 aliphatic carbocycles. The van der Waals surface area contributed by atoms with Crippen molar-refractivity contribution in [3.63, 3.8) is 0 Å². The van der Waals surface area contributed by atoms with Crippen LogP contribution in [0.2, 0.25) is 0 Å². The highest BCUT2D eigenvalue weighted by Gasteiger charge is 2.17.